The van der Waals surface area contributed by atoms with Gasteiger partial charge in [0.25, 0.3) is 11.2 Å². The lowest BCUT2D eigenvalue weighted by Gasteiger charge is -2.04. The predicted molar refractivity (Wildman–Crippen MR) is 76.6 cm³/mol. The third-order valence-electron chi connectivity index (χ3n) is 2.72. The third kappa shape index (κ3) is 2.87. The van der Waals surface area contributed by atoms with Crippen LogP contribution >= 0.6 is 11.8 Å². The number of aromatic nitrogens is 6. The van der Waals surface area contributed by atoms with E-state index in [1.165, 1.54) is 11.8 Å². The van der Waals surface area contributed by atoms with Gasteiger partial charge in [0, 0.05) is 31.2 Å². The number of nitrogens with one attached hydrogen (secondary N) is 1. The molecule has 3 aromatic rings. The molecule has 0 atom stereocenters. The largest absolute Gasteiger partial charge is 0.436 e. The predicted octanol–water partition coefficient (Wildman–Crippen LogP) is 1.86. The van der Waals surface area contributed by atoms with Crippen molar-refractivity contribution in [1.82, 2.24) is 29.7 Å². The summed E-state index contributed by atoms with van der Waals surface area (Å²) in [6.45, 7) is 3.76. The van der Waals surface area contributed by atoms with Crippen molar-refractivity contribution in [2.24, 2.45) is 0 Å². The van der Waals surface area contributed by atoms with Crippen LogP contribution in [-0.2, 0) is 0 Å². The molecule has 108 valence electrons. The molecule has 0 fully saturated rings. The Kier molecular flexibility index (Phi) is 3.57. The molecule has 0 saturated carbocycles. The van der Waals surface area contributed by atoms with E-state index in [1.54, 1.807) is 30.2 Å². The molecule has 8 nitrogen and oxygen atoms in total. The standard InChI is InChI=1S/C12H13N7OS/c1-7-8(2)20-12(15-7)21-11-17-9(13-3)16-10(18-11)19-6-4-5-14-19/h4-6H,1-3H3,(H,13,16,17,18). The quantitative estimate of drug-likeness (QED) is 0.780. The Morgan fingerprint density at radius 2 is 2.05 bits per heavy atom. The molecule has 0 aliphatic heterocycles. The second kappa shape index (κ2) is 5.52. The van der Waals surface area contributed by atoms with Gasteiger partial charge < -0.3 is 9.73 Å². The van der Waals surface area contributed by atoms with Gasteiger partial charge in [0.05, 0.1) is 5.69 Å². The highest BCUT2D eigenvalue weighted by Crippen LogP contribution is 2.26. The van der Waals surface area contributed by atoms with Crippen LogP contribution in [0.2, 0.25) is 0 Å². The summed E-state index contributed by atoms with van der Waals surface area (Å²) >= 11 is 1.24. The van der Waals surface area contributed by atoms with Gasteiger partial charge in [-0.3, -0.25) is 0 Å². The minimum absolute atomic E-state index is 0.432. The first-order valence-corrected chi connectivity index (χ1v) is 7.03. The van der Waals surface area contributed by atoms with Crippen LogP contribution in [0.25, 0.3) is 5.95 Å². The Balaban J connectivity index is 1.96. The molecule has 0 aromatic carbocycles. The first kappa shape index (κ1) is 13.6. The molecule has 0 saturated heterocycles. The molecule has 0 radical (unpaired) electrons. The van der Waals surface area contributed by atoms with E-state index in [2.05, 4.69) is 30.4 Å². The zero-order valence-electron chi connectivity index (χ0n) is 11.7. The minimum Gasteiger partial charge on any atom is -0.436 e. The molecule has 3 rings (SSSR count). The number of anilines is 1. The minimum atomic E-state index is 0.432. The lowest BCUT2D eigenvalue weighted by atomic mass is 10.4. The van der Waals surface area contributed by atoms with E-state index >= 15 is 0 Å². The fraction of sp³-hybridized carbons (Fsp3) is 0.250. The summed E-state index contributed by atoms with van der Waals surface area (Å²) in [5.74, 6) is 1.67. The second-order valence-electron chi connectivity index (χ2n) is 4.17. The van der Waals surface area contributed by atoms with Crippen LogP contribution in [0.3, 0.4) is 0 Å². The SMILES string of the molecule is CNc1nc(Sc2nc(C)c(C)o2)nc(-n2cccn2)n1. The Bertz CT molecular complexity index is 734. The van der Waals surface area contributed by atoms with E-state index in [-0.39, 0.29) is 0 Å². The first-order valence-electron chi connectivity index (χ1n) is 6.21. The van der Waals surface area contributed by atoms with Gasteiger partial charge in [-0.05, 0) is 19.9 Å². The Hall–Kier alpha value is -2.42. The molecule has 3 heterocycles. The fourth-order valence-electron chi connectivity index (χ4n) is 1.56. The molecule has 0 aliphatic rings. The molecule has 0 spiro atoms. The van der Waals surface area contributed by atoms with Crippen LogP contribution in [0.1, 0.15) is 11.5 Å². The van der Waals surface area contributed by atoms with Crippen LogP contribution in [0.5, 0.6) is 0 Å². The van der Waals surface area contributed by atoms with Crippen molar-refractivity contribution >= 4 is 17.7 Å². The van der Waals surface area contributed by atoms with Crippen LogP contribution in [0.15, 0.2) is 33.3 Å². The maximum absolute atomic E-state index is 5.53. The number of hydrogen-bond acceptors (Lipinski definition) is 8. The summed E-state index contributed by atoms with van der Waals surface area (Å²) in [6, 6.07) is 1.80. The summed E-state index contributed by atoms with van der Waals surface area (Å²) in [4.78, 5) is 17.2. The van der Waals surface area contributed by atoms with Crippen molar-refractivity contribution in [3.8, 4) is 5.95 Å². The molecule has 0 unspecified atom stereocenters. The normalized spacial score (nSPS) is 10.8. The highest BCUT2D eigenvalue weighted by Gasteiger charge is 2.13. The van der Waals surface area contributed by atoms with Crippen LogP contribution in [-0.4, -0.2) is 36.8 Å². The van der Waals surface area contributed by atoms with Crippen molar-refractivity contribution in [2.45, 2.75) is 24.2 Å². The van der Waals surface area contributed by atoms with Gasteiger partial charge in [-0.2, -0.15) is 20.1 Å². The molecule has 3 aromatic heterocycles. The molecule has 0 amide bonds. The van der Waals surface area contributed by atoms with E-state index in [0.717, 1.165) is 11.5 Å². The number of oxazole rings is 1. The van der Waals surface area contributed by atoms with E-state index in [4.69, 9.17) is 4.42 Å². The molecular formula is C12H13N7OS. The Morgan fingerprint density at radius 1 is 1.19 bits per heavy atom. The van der Waals surface area contributed by atoms with Crippen molar-refractivity contribution in [1.29, 1.82) is 0 Å². The second-order valence-corrected chi connectivity index (χ2v) is 5.08. The molecular weight excluding hydrogens is 290 g/mol. The zero-order chi connectivity index (χ0) is 14.8. The van der Waals surface area contributed by atoms with Gasteiger partial charge in [-0.25, -0.2) is 9.67 Å². The molecule has 9 heteroatoms. The highest BCUT2D eigenvalue weighted by atomic mass is 32.2. The van der Waals surface area contributed by atoms with Crippen LogP contribution in [0.4, 0.5) is 5.95 Å². The summed E-state index contributed by atoms with van der Waals surface area (Å²) < 4.78 is 7.10. The zero-order valence-corrected chi connectivity index (χ0v) is 12.5. The van der Waals surface area contributed by atoms with E-state index in [1.807, 2.05) is 13.8 Å². The van der Waals surface area contributed by atoms with Crippen molar-refractivity contribution in [2.75, 3.05) is 12.4 Å². The smallest absolute Gasteiger partial charge is 0.264 e. The number of aryl methyl sites for hydroxylation is 2. The maximum atomic E-state index is 5.53. The van der Waals surface area contributed by atoms with Gasteiger partial charge >= 0.3 is 0 Å². The molecule has 21 heavy (non-hydrogen) atoms. The van der Waals surface area contributed by atoms with Gasteiger partial charge in [0.15, 0.2) is 0 Å². The third-order valence-corrected chi connectivity index (χ3v) is 3.44. The first-order chi connectivity index (χ1) is 10.2. The fourth-order valence-corrected chi connectivity index (χ4v) is 2.32. The lowest BCUT2D eigenvalue weighted by Crippen LogP contribution is -2.07. The van der Waals surface area contributed by atoms with Gasteiger partial charge in [-0.15, -0.1) is 0 Å². The highest BCUT2D eigenvalue weighted by molar-refractivity contribution is 7.98. The number of nitrogens with zero attached hydrogens (tertiary/aromatic N) is 6. The van der Waals surface area contributed by atoms with Crippen LogP contribution in [0, 0.1) is 13.8 Å². The molecule has 0 bridgehead atoms. The average Bonchev–Trinajstić information content (AvgIpc) is 3.09. The monoisotopic (exact) mass is 303 g/mol. The van der Waals surface area contributed by atoms with Gasteiger partial charge in [0.1, 0.15) is 5.76 Å². The Morgan fingerprint density at radius 3 is 2.67 bits per heavy atom. The lowest BCUT2D eigenvalue weighted by molar-refractivity contribution is 0.430. The van der Waals surface area contributed by atoms with Crippen molar-refractivity contribution < 1.29 is 4.42 Å². The molecule has 1 N–H and O–H groups in total. The van der Waals surface area contributed by atoms with E-state index in [0.29, 0.717) is 22.3 Å². The Labute approximate surface area is 125 Å². The topological polar surface area (TPSA) is 94.6 Å². The summed E-state index contributed by atoms with van der Waals surface area (Å²) in [5, 5.41) is 8.01. The number of rotatable bonds is 4. The summed E-state index contributed by atoms with van der Waals surface area (Å²) in [5.41, 5.74) is 0.854. The van der Waals surface area contributed by atoms with Crippen molar-refractivity contribution in [3.05, 3.63) is 29.9 Å². The van der Waals surface area contributed by atoms with Gasteiger partial charge in [0.2, 0.25) is 11.1 Å². The molecule has 0 aliphatic carbocycles. The van der Waals surface area contributed by atoms with E-state index in [9.17, 15) is 0 Å². The van der Waals surface area contributed by atoms with Crippen LogP contribution < -0.4 is 5.32 Å². The summed E-state index contributed by atoms with van der Waals surface area (Å²) in [6.07, 6.45) is 3.43. The summed E-state index contributed by atoms with van der Waals surface area (Å²) in [7, 11) is 1.75. The number of hydrogen-bond donors (Lipinski definition) is 1. The maximum Gasteiger partial charge on any atom is 0.264 e. The average molecular weight is 303 g/mol. The van der Waals surface area contributed by atoms with Gasteiger partial charge in [-0.1, -0.05) is 0 Å². The van der Waals surface area contributed by atoms with Crippen molar-refractivity contribution in [3.63, 3.8) is 0 Å². The van der Waals surface area contributed by atoms with E-state index < -0.39 is 0 Å².